The van der Waals surface area contributed by atoms with Gasteiger partial charge in [-0.25, -0.2) is 4.79 Å². The number of carbonyl (C=O) groups excluding carboxylic acids is 4. The molecule has 6 rings (SSSR count). The quantitative estimate of drug-likeness (QED) is 0.0450. The third kappa shape index (κ3) is 17.3. The molecule has 0 aromatic heterocycles. The van der Waals surface area contributed by atoms with Gasteiger partial charge in [-0.2, -0.15) is 9.98 Å². The maximum absolute atomic E-state index is 14.1. The Morgan fingerprint density at radius 1 is 0.863 bits per heavy atom. The highest BCUT2D eigenvalue weighted by molar-refractivity contribution is 8.12. The Kier molecular flexibility index (Phi) is 23.6. The van der Waals surface area contributed by atoms with Crippen LogP contribution in [0.4, 0.5) is 10.5 Å². The van der Waals surface area contributed by atoms with Crippen LogP contribution in [0.15, 0.2) is 39.3 Å². The molecule has 1 aromatic carbocycles. The van der Waals surface area contributed by atoms with Gasteiger partial charge in [0, 0.05) is 86.4 Å². The van der Waals surface area contributed by atoms with Crippen molar-refractivity contribution >= 4 is 64.8 Å². The van der Waals surface area contributed by atoms with Crippen molar-refractivity contribution < 1.29 is 62.2 Å². The summed E-state index contributed by atoms with van der Waals surface area (Å²) >= 11 is 1.56. The van der Waals surface area contributed by atoms with Crippen molar-refractivity contribution in [1.29, 1.82) is 5.41 Å². The number of guanidine groups is 1. The number of ether oxygens (including phenoxy) is 8. The van der Waals surface area contributed by atoms with Crippen molar-refractivity contribution in [3.05, 3.63) is 24.3 Å². The number of carbonyl (C=O) groups is 4. The Morgan fingerprint density at radius 2 is 1.51 bits per heavy atom. The predicted octanol–water partition coefficient (Wildman–Crippen LogP) is 4.79. The molecule has 4 amide bonds. The average Bonchev–Trinajstić information content (AvgIpc) is 3.70. The molecule has 5 aliphatic rings. The van der Waals surface area contributed by atoms with E-state index in [1.54, 1.807) is 23.9 Å². The standard InChI is InChI=1S/C56H88N10O13S/c1-12-38-30-64(17-18-65(38)53(71)79-55(6,7)8)36(2)56(9,34-57)51-62-52(63-51)59-37-27-44(72-10)47(73-11)45(28-37)78-26-25-76-22-21-74-19-20-75-23-24-77-32-46(68)61-48(54(3,4)5)50(70)66-31-39(67)29-43(66)49(69)60-42-33-80-35-58-41-16-14-13-15-40(41)42/h13-14,27-28,34-36,38-43,48,57,67H,12,15-26,29-33H2,1-11H3,(H,60,69)(H,61,68)(H,59,62,63)/t36-,38?,39-,40+,41+,42?,43+,48-,56-/m1/s1. The van der Waals surface area contributed by atoms with Gasteiger partial charge < -0.3 is 74.2 Å². The van der Waals surface area contributed by atoms with Crippen LogP contribution in [0.3, 0.4) is 0 Å². The van der Waals surface area contributed by atoms with Gasteiger partial charge in [0.05, 0.1) is 83.6 Å². The summed E-state index contributed by atoms with van der Waals surface area (Å²) in [4.78, 5) is 73.5. The fourth-order valence-corrected chi connectivity index (χ4v) is 11.1. The first-order chi connectivity index (χ1) is 38.1. The lowest BCUT2D eigenvalue weighted by atomic mass is 9.80. The second kappa shape index (κ2) is 29.6. The van der Waals surface area contributed by atoms with Crippen LogP contribution >= 0.6 is 11.8 Å². The Labute approximate surface area is 476 Å². The summed E-state index contributed by atoms with van der Waals surface area (Å²) in [6.45, 7) is 20.8. The number of amidine groups is 1. The summed E-state index contributed by atoms with van der Waals surface area (Å²) in [5, 5.41) is 28.3. The highest BCUT2D eigenvalue weighted by Gasteiger charge is 2.47. The number of nitrogens with zero attached hydrogens (tertiary/aromatic N) is 6. The molecule has 0 saturated carbocycles. The van der Waals surface area contributed by atoms with E-state index in [4.69, 9.17) is 53.3 Å². The number of piperazine rings is 1. The lowest BCUT2D eigenvalue weighted by Crippen LogP contribution is -2.61. The Bertz CT molecular complexity index is 2400. The number of likely N-dealkylation sites (tertiary alicyclic amines) is 1. The largest absolute Gasteiger partial charge is 0.493 e. The molecule has 2 saturated heterocycles. The van der Waals surface area contributed by atoms with Crippen LogP contribution in [0.1, 0.15) is 88.0 Å². The van der Waals surface area contributed by atoms with E-state index in [1.807, 2.05) is 58.9 Å². The summed E-state index contributed by atoms with van der Waals surface area (Å²) in [6.07, 6.45) is 6.98. The molecular formula is C56H88N10O13S. The molecular weight excluding hydrogens is 1050 g/mol. The Morgan fingerprint density at radius 3 is 2.14 bits per heavy atom. The van der Waals surface area contributed by atoms with Gasteiger partial charge in [-0.3, -0.25) is 24.3 Å². The molecule has 2 fully saturated rings. The van der Waals surface area contributed by atoms with Gasteiger partial charge in [0.2, 0.25) is 29.4 Å². The van der Waals surface area contributed by atoms with Gasteiger partial charge in [0.25, 0.3) is 0 Å². The number of methoxy groups -OCH3 is 2. The van der Waals surface area contributed by atoms with E-state index in [9.17, 15) is 24.3 Å². The van der Waals surface area contributed by atoms with E-state index < -0.39 is 46.4 Å². The van der Waals surface area contributed by atoms with E-state index in [0.29, 0.717) is 86.5 Å². The number of hydrogen-bond donors (Lipinski definition) is 5. The molecule has 446 valence electrons. The number of amides is 4. The number of rotatable bonds is 27. The first-order valence-electron chi connectivity index (χ1n) is 27.9. The minimum atomic E-state index is -0.970. The monoisotopic (exact) mass is 1140 g/mol. The molecule has 5 N–H and O–H groups in total. The van der Waals surface area contributed by atoms with Gasteiger partial charge >= 0.3 is 6.09 Å². The maximum Gasteiger partial charge on any atom is 0.410 e. The molecule has 0 spiro atoms. The minimum absolute atomic E-state index is 0.00838. The summed E-state index contributed by atoms with van der Waals surface area (Å²) in [5.41, 5.74) is 0.392. The van der Waals surface area contributed by atoms with Crippen molar-refractivity contribution in [3.63, 3.8) is 0 Å². The molecule has 24 heteroatoms. The number of allylic oxidation sites excluding steroid dienone is 1. The third-order valence-corrected chi connectivity index (χ3v) is 15.8. The number of aliphatic imine (C=N–C) groups is 3. The van der Waals surface area contributed by atoms with E-state index in [-0.39, 0.29) is 88.1 Å². The van der Waals surface area contributed by atoms with Crippen LogP contribution < -0.4 is 30.2 Å². The Hall–Kier alpha value is -5.37. The SMILES string of the molecule is CCC1CN([C@H](C)[C@@](C)(C=N)C2=NC(Nc3cc(OC)c(OC)c(OCCOCCOCCOCCOCC(=O)N[C@H](C(=O)N4C[C@H](O)C[C@H]4C(=O)NC4CSC=N[C@H]5CC=CC[C@H]45)C(C)(C)C)c3)=N2)CCN1C(=O)OC(C)(C)C. The predicted molar refractivity (Wildman–Crippen MR) is 308 cm³/mol. The molecule has 4 aliphatic heterocycles. The summed E-state index contributed by atoms with van der Waals surface area (Å²) in [7, 11) is 3.07. The number of anilines is 1. The highest BCUT2D eigenvalue weighted by atomic mass is 32.2. The molecule has 80 heavy (non-hydrogen) atoms. The lowest BCUT2D eigenvalue weighted by molar-refractivity contribution is -0.145. The normalized spacial score (nSPS) is 23.7. The van der Waals surface area contributed by atoms with E-state index in [0.717, 1.165) is 19.3 Å². The maximum atomic E-state index is 14.1. The number of β-amino-alcohol motifs (C(OH)–C–C–N with tert-alkyl or cyclic N) is 1. The first-order valence-corrected chi connectivity index (χ1v) is 28.9. The highest BCUT2D eigenvalue weighted by Crippen LogP contribution is 2.41. The summed E-state index contributed by atoms with van der Waals surface area (Å²) in [5.74, 6) is 1.75. The topological polar surface area (TPSA) is 269 Å². The molecule has 2 unspecified atom stereocenters. The van der Waals surface area contributed by atoms with Crippen molar-refractivity contribution in [3.8, 4) is 17.2 Å². The zero-order valence-corrected chi connectivity index (χ0v) is 49.6. The van der Waals surface area contributed by atoms with Crippen LogP contribution in [0.2, 0.25) is 0 Å². The number of fused-ring (bicyclic) bond motifs is 1. The second-order valence-electron chi connectivity index (χ2n) is 22.9. The van der Waals surface area contributed by atoms with Gasteiger partial charge in [0.15, 0.2) is 11.5 Å². The molecule has 1 aliphatic carbocycles. The van der Waals surface area contributed by atoms with Crippen LogP contribution in [-0.4, -0.2) is 221 Å². The third-order valence-electron chi connectivity index (χ3n) is 14.9. The average molecular weight is 1140 g/mol. The fraction of sp³-hybridized carbons (Fsp3) is 0.714. The first kappa shape index (κ1) is 63.8. The molecule has 4 heterocycles. The van der Waals surface area contributed by atoms with Gasteiger partial charge in [-0.05, 0) is 59.3 Å². The van der Waals surface area contributed by atoms with Crippen molar-refractivity contribution in [2.24, 2.45) is 31.7 Å². The summed E-state index contributed by atoms with van der Waals surface area (Å²) < 4.78 is 45.5. The van der Waals surface area contributed by atoms with E-state index in [1.165, 1.54) is 25.3 Å². The lowest BCUT2D eigenvalue weighted by Gasteiger charge is -2.47. The van der Waals surface area contributed by atoms with Crippen molar-refractivity contribution in [1.82, 2.24) is 25.3 Å². The minimum Gasteiger partial charge on any atom is -0.493 e. The van der Waals surface area contributed by atoms with Crippen molar-refractivity contribution in [2.45, 2.75) is 136 Å². The van der Waals surface area contributed by atoms with Crippen LogP contribution in [-0.2, 0) is 38.1 Å². The molecule has 1 aromatic rings. The molecule has 23 nitrogen and oxygen atoms in total. The van der Waals surface area contributed by atoms with Crippen LogP contribution in [0.25, 0.3) is 0 Å². The van der Waals surface area contributed by atoms with Crippen LogP contribution in [0.5, 0.6) is 17.2 Å². The zero-order chi connectivity index (χ0) is 58.2. The fourth-order valence-electron chi connectivity index (χ4n) is 10.2. The number of nitrogens with one attached hydrogen (secondary N) is 4. The second-order valence-corrected chi connectivity index (χ2v) is 23.8. The molecule has 0 bridgehead atoms. The van der Waals surface area contributed by atoms with Gasteiger partial charge in [-0.15, -0.1) is 11.8 Å². The van der Waals surface area contributed by atoms with E-state index in [2.05, 4.69) is 51.8 Å². The van der Waals surface area contributed by atoms with Gasteiger partial charge in [0.1, 0.15) is 36.7 Å². The zero-order valence-electron chi connectivity index (χ0n) is 48.7. The number of benzene rings is 1. The van der Waals surface area contributed by atoms with Crippen molar-refractivity contribution in [2.75, 3.05) is 111 Å². The van der Waals surface area contributed by atoms with Crippen LogP contribution in [0, 0.1) is 22.2 Å². The number of aliphatic hydroxyl groups is 1. The number of thioether (sulfide) groups is 1. The smallest absolute Gasteiger partial charge is 0.410 e. The number of aliphatic hydroxyl groups excluding tert-OH is 1. The van der Waals surface area contributed by atoms with Gasteiger partial charge in [-0.1, -0.05) is 39.8 Å². The number of hydrogen-bond acceptors (Lipinski definition) is 20. The van der Waals surface area contributed by atoms with E-state index >= 15 is 0 Å². The Balaban J connectivity index is 0.847. The molecule has 9 atom stereocenters. The summed E-state index contributed by atoms with van der Waals surface area (Å²) in [6, 6.07) is 1.48. The molecule has 0 radical (unpaired) electrons.